The van der Waals surface area contributed by atoms with E-state index in [9.17, 15) is 4.39 Å². The molecule has 0 aliphatic carbocycles. The monoisotopic (exact) mass is 263 g/mol. The third-order valence-electron chi connectivity index (χ3n) is 3.61. The van der Waals surface area contributed by atoms with Crippen LogP contribution in [0.4, 0.5) is 4.39 Å². The van der Waals surface area contributed by atoms with Gasteiger partial charge in [-0.2, -0.15) is 0 Å². The largest absolute Gasteiger partial charge is 0.462 e. The number of allylic oxidation sites excluding steroid dienone is 1. The molecule has 0 spiro atoms. The Morgan fingerprint density at radius 2 is 2.00 bits per heavy atom. The maximum absolute atomic E-state index is 12.8. The standard InChI is InChI=1S/C16H22FNO/c1-3-14-8-9-15(18-14)7-4-12(2)19-16-10-5-13(17)6-11-16/h4-6,10-11,14-15,18H,3,7-9H2,1-2H3/b12-4+/t14?,15-/m1/s1. The van der Waals surface area contributed by atoms with Crippen molar-refractivity contribution in [1.82, 2.24) is 5.32 Å². The van der Waals surface area contributed by atoms with Gasteiger partial charge in [0.2, 0.25) is 0 Å². The number of halogens is 1. The average molecular weight is 263 g/mol. The van der Waals surface area contributed by atoms with Gasteiger partial charge in [0.1, 0.15) is 11.6 Å². The van der Waals surface area contributed by atoms with Crippen molar-refractivity contribution in [1.29, 1.82) is 0 Å². The lowest BCUT2D eigenvalue weighted by molar-refractivity contribution is 0.420. The van der Waals surface area contributed by atoms with E-state index in [4.69, 9.17) is 4.74 Å². The van der Waals surface area contributed by atoms with E-state index in [2.05, 4.69) is 18.3 Å². The maximum Gasteiger partial charge on any atom is 0.127 e. The van der Waals surface area contributed by atoms with Gasteiger partial charge in [-0.05, 0) is 62.9 Å². The molecule has 2 nitrogen and oxygen atoms in total. The van der Waals surface area contributed by atoms with Crippen molar-refractivity contribution < 1.29 is 9.13 Å². The Labute approximate surface area is 114 Å². The number of hydrogen-bond acceptors (Lipinski definition) is 2. The zero-order valence-corrected chi connectivity index (χ0v) is 11.7. The van der Waals surface area contributed by atoms with Crippen LogP contribution in [0.1, 0.15) is 39.5 Å². The topological polar surface area (TPSA) is 21.3 Å². The third kappa shape index (κ3) is 4.35. The van der Waals surface area contributed by atoms with Crippen molar-refractivity contribution >= 4 is 0 Å². The summed E-state index contributed by atoms with van der Waals surface area (Å²) in [7, 11) is 0. The van der Waals surface area contributed by atoms with Crippen molar-refractivity contribution in [2.24, 2.45) is 0 Å². The van der Waals surface area contributed by atoms with Crippen LogP contribution in [0.3, 0.4) is 0 Å². The summed E-state index contributed by atoms with van der Waals surface area (Å²) >= 11 is 0. The second kappa shape index (κ2) is 6.71. The fourth-order valence-electron chi connectivity index (χ4n) is 2.45. The summed E-state index contributed by atoms with van der Waals surface area (Å²) in [5, 5.41) is 3.62. The SMILES string of the molecule is CCC1CC[C@@H](C/C=C(\C)Oc2ccc(F)cc2)N1. The van der Waals surface area contributed by atoms with Gasteiger partial charge in [0.25, 0.3) is 0 Å². The fraction of sp³-hybridized carbons (Fsp3) is 0.500. The molecular weight excluding hydrogens is 241 g/mol. The minimum absolute atomic E-state index is 0.241. The number of benzene rings is 1. The van der Waals surface area contributed by atoms with Crippen LogP contribution >= 0.6 is 0 Å². The number of ether oxygens (including phenoxy) is 1. The molecule has 0 bridgehead atoms. The summed E-state index contributed by atoms with van der Waals surface area (Å²) in [4.78, 5) is 0. The minimum atomic E-state index is -0.241. The highest BCUT2D eigenvalue weighted by molar-refractivity contribution is 5.24. The highest BCUT2D eigenvalue weighted by atomic mass is 19.1. The Morgan fingerprint density at radius 3 is 2.63 bits per heavy atom. The highest BCUT2D eigenvalue weighted by Gasteiger charge is 2.20. The van der Waals surface area contributed by atoms with Gasteiger partial charge < -0.3 is 10.1 Å². The summed E-state index contributed by atoms with van der Waals surface area (Å²) in [6.07, 6.45) is 6.81. The zero-order chi connectivity index (χ0) is 13.7. The van der Waals surface area contributed by atoms with E-state index in [1.54, 1.807) is 12.1 Å². The molecule has 1 heterocycles. The molecule has 1 unspecified atom stereocenters. The van der Waals surface area contributed by atoms with E-state index < -0.39 is 0 Å². The van der Waals surface area contributed by atoms with Crippen LogP contribution < -0.4 is 10.1 Å². The summed E-state index contributed by atoms with van der Waals surface area (Å²) in [5.74, 6) is 1.31. The van der Waals surface area contributed by atoms with Crippen molar-refractivity contribution in [2.75, 3.05) is 0 Å². The van der Waals surface area contributed by atoms with Crippen LogP contribution in [0.2, 0.25) is 0 Å². The minimum Gasteiger partial charge on any atom is -0.462 e. The van der Waals surface area contributed by atoms with Gasteiger partial charge in [-0.25, -0.2) is 4.39 Å². The molecule has 0 amide bonds. The lowest BCUT2D eigenvalue weighted by atomic mass is 10.1. The Balaban J connectivity index is 1.81. The molecule has 1 aromatic carbocycles. The molecule has 2 rings (SSSR count). The molecule has 1 aliphatic heterocycles. The van der Waals surface area contributed by atoms with Crippen LogP contribution in [0, 0.1) is 5.82 Å². The molecule has 0 saturated carbocycles. The first-order chi connectivity index (χ1) is 9.17. The first kappa shape index (κ1) is 14.1. The Hall–Kier alpha value is -1.35. The van der Waals surface area contributed by atoms with Crippen molar-refractivity contribution in [2.45, 2.75) is 51.6 Å². The number of nitrogens with one attached hydrogen (secondary N) is 1. The summed E-state index contributed by atoms with van der Waals surface area (Å²) in [6, 6.07) is 7.36. The van der Waals surface area contributed by atoms with Crippen LogP contribution in [-0.4, -0.2) is 12.1 Å². The molecule has 2 atom stereocenters. The predicted octanol–water partition coefficient (Wildman–Crippen LogP) is 4.03. The molecule has 19 heavy (non-hydrogen) atoms. The first-order valence-corrected chi connectivity index (χ1v) is 7.03. The first-order valence-electron chi connectivity index (χ1n) is 7.03. The normalized spacial score (nSPS) is 23.6. The lowest BCUT2D eigenvalue weighted by Gasteiger charge is -2.11. The van der Waals surface area contributed by atoms with Crippen LogP contribution in [0.15, 0.2) is 36.1 Å². The van der Waals surface area contributed by atoms with Gasteiger partial charge in [-0.15, -0.1) is 0 Å². The van der Waals surface area contributed by atoms with E-state index in [-0.39, 0.29) is 5.82 Å². The quantitative estimate of drug-likeness (QED) is 0.810. The average Bonchev–Trinajstić information content (AvgIpc) is 2.87. The molecule has 1 N–H and O–H groups in total. The van der Waals surface area contributed by atoms with E-state index in [0.717, 1.165) is 12.2 Å². The van der Waals surface area contributed by atoms with Gasteiger partial charge in [-0.3, -0.25) is 0 Å². The van der Waals surface area contributed by atoms with E-state index in [1.165, 1.54) is 31.4 Å². The Kier molecular flexibility index (Phi) is 4.97. The van der Waals surface area contributed by atoms with Gasteiger partial charge in [-0.1, -0.05) is 6.92 Å². The second-order valence-corrected chi connectivity index (χ2v) is 5.15. The van der Waals surface area contributed by atoms with Crippen LogP contribution in [0.25, 0.3) is 0 Å². The molecule has 1 fully saturated rings. The van der Waals surface area contributed by atoms with Crippen LogP contribution in [0.5, 0.6) is 5.75 Å². The molecule has 1 aromatic rings. The molecular formula is C16H22FNO. The van der Waals surface area contributed by atoms with Crippen molar-refractivity contribution in [3.8, 4) is 5.75 Å². The van der Waals surface area contributed by atoms with Gasteiger partial charge in [0.15, 0.2) is 0 Å². The molecule has 104 valence electrons. The number of rotatable bonds is 5. The van der Waals surface area contributed by atoms with Gasteiger partial charge in [0.05, 0.1) is 5.76 Å². The third-order valence-corrected chi connectivity index (χ3v) is 3.61. The molecule has 1 saturated heterocycles. The highest BCUT2D eigenvalue weighted by Crippen LogP contribution is 2.19. The Bertz CT molecular complexity index is 427. The predicted molar refractivity (Wildman–Crippen MR) is 75.6 cm³/mol. The summed E-state index contributed by atoms with van der Waals surface area (Å²) in [5.41, 5.74) is 0. The van der Waals surface area contributed by atoms with Crippen LogP contribution in [-0.2, 0) is 0 Å². The van der Waals surface area contributed by atoms with E-state index >= 15 is 0 Å². The van der Waals surface area contributed by atoms with Crippen molar-refractivity contribution in [3.05, 3.63) is 41.9 Å². The molecule has 3 heteroatoms. The fourth-order valence-corrected chi connectivity index (χ4v) is 2.45. The number of hydrogen-bond donors (Lipinski definition) is 1. The van der Waals surface area contributed by atoms with Crippen molar-refractivity contribution in [3.63, 3.8) is 0 Å². The molecule has 1 aliphatic rings. The second-order valence-electron chi connectivity index (χ2n) is 5.15. The van der Waals surface area contributed by atoms with Gasteiger partial charge in [0, 0.05) is 12.1 Å². The smallest absolute Gasteiger partial charge is 0.127 e. The molecule has 0 radical (unpaired) electrons. The van der Waals surface area contributed by atoms with Gasteiger partial charge >= 0.3 is 0 Å². The Morgan fingerprint density at radius 1 is 1.32 bits per heavy atom. The maximum atomic E-state index is 12.8. The molecule has 0 aromatic heterocycles. The summed E-state index contributed by atoms with van der Waals surface area (Å²) in [6.45, 7) is 4.16. The van der Waals surface area contributed by atoms with E-state index in [0.29, 0.717) is 17.8 Å². The lowest BCUT2D eigenvalue weighted by Crippen LogP contribution is -2.28. The summed E-state index contributed by atoms with van der Waals surface area (Å²) < 4.78 is 18.4. The van der Waals surface area contributed by atoms with E-state index in [1.807, 2.05) is 6.92 Å². The zero-order valence-electron chi connectivity index (χ0n) is 11.7.